The van der Waals surface area contributed by atoms with Crippen LogP contribution >= 0.6 is 11.6 Å². The van der Waals surface area contributed by atoms with E-state index in [1.54, 1.807) is 36.9 Å². The maximum absolute atomic E-state index is 12.1. The van der Waals surface area contributed by atoms with Gasteiger partial charge in [-0.15, -0.1) is 0 Å². The van der Waals surface area contributed by atoms with Crippen LogP contribution in [0.15, 0.2) is 18.2 Å². The predicted molar refractivity (Wildman–Crippen MR) is 78.8 cm³/mol. The standard InChI is InChI=1S/C14H21ClN2O2/c1-5-17(9-14(3,4)19)13(18)16-12-7-6-11(15)8-10(12)2/h6-8,19H,5,9H2,1-4H3,(H,16,18). The van der Waals surface area contributed by atoms with Crippen LogP contribution in [0.1, 0.15) is 26.3 Å². The monoisotopic (exact) mass is 284 g/mol. The van der Waals surface area contributed by atoms with Crippen molar-refractivity contribution in [3.8, 4) is 0 Å². The average molecular weight is 285 g/mol. The molecule has 0 saturated carbocycles. The van der Waals surface area contributed by atoms with Crippen molar-refractivity contribution >= 4 is 23.3 Å². The normalized spacial score (nSPS) is 11.3. The predicted octanol–water partition coefficient (Wildman–Crippen LogP) is 3.27. The second kappa shape index (κ2) is 6.26. The number of carbonyl (C=O) groups excluding carboxylic acids is 1. The van der Waals surface area contributed by atoms with Crippen molar-refractivity contribution in [2.75, 3.05) is 18.4 Å². The van der Waals surface area contributed by atoms with Crippen LogP contribution < -0.4 is 5.32 Å². The van der Waals surface area contributed by atoms with Gasteiger partial charge in [0, 0.05) is 17.3 Å². The lowest BCUT2D eigenvalue weighted by atomic mass is 10.1. The Hall–Kier alpha value is -1.26. The van der Waals surface area contributed by atoms with E-state index in [0.29, 0.717) is 11.6 Å². The first-order valence-corrected chi connectivity index (χ1v) is 6.65. The number of anilines is 1. The van der Waals surface area contributed by atoms with E-state index < -0.39 is 5.60 Å². The Balaban J connectivity index is 2.77. The van der Waals surface area contributed by atoms with Crippen LogP contribution in [0.4, 0.5) is 10.5 Å². The smallest absolute Gasteiger partial charge is 0.321 e. The Morgan fingerprint density at radius 1 is 1.47 bits per heavy atom. The van der Waals surface area contributed by atoms with Crippen molar-refractivity contribution in [1.82, 2.24) is 4.90 Å². The molecule has 0 unspecified atom stereocenters. The van der Waals surface area contributed by atoms with E-state index in [-0.39, 0.29) is 12.6 Å². The summed E-state index contributed by atoms with van der Waals surface area (Å²) in [6.07, 6.45) is 0. The van der Waals surface area contributed by atoms with E-state index in [9.17, 15) is 9.90 Å². The van der Waals surface area contributed by atoms with Crippen molar-refractivity contribution < 1.29 is 9.90 Å². The molecule has 1 aromatic carbocycles. The van der Waals surface area contributed by atoms with E-state index in [2.05, 4.69) is 5.32 Å². The summed E-state index contributed by atoms with van der Waals surface area (Å²) in [5, 5.41) is 13.3. The maximum Gasteiger partial charge on any atom is 0.321 e. The molecule has 0 aliphatic rings. The molecule has 0 radical (unpaired) electrons. The zero-order valence-electron chi connectivity index (χ0n) is 11.8. The quantitative estimate of drug-likeness (QED) is 0.891. The SMILES string of the molecule is CCN(CC(C)(C)O)C(=O)Nc1ccc(Cl)cc1C. The van der Waals surface area contributed by atoms with Crippen molar-refractivity contribution in [3.05, 3.63) is 28.8 Å². The minimum absolute atomic E-state index is 0.227. The number of carbonyl (C=O) groups is 1. The molecule has 0 atom stereocenters. The Morgan fingerprint density at radius 2 is 2.11 bits per heavy atom. The second-order valence-corrected chi connectivity index (χ2v) is 5.65. The Labute approximate surface area is 119 Å². The van der Waals surface area contributed by atoms with Crippen LogP contribution in [0.25, 0.3) is 0 Å². The second-order valence-electron chi connectivity index (χ2n) is 5.22. The fourth-order valence-electron chi connectivity index (χ4n) is 1.76. The molecule has 106 valence electrons. The van der Waals surface area contributed by atoms with Gasteiger partial charge in [-0.2, -0.15) is 0 Å². The molecule has 2 amide bonds. The van der Waals surface area contributed by atoms with Gasteiger partial charge in [-0.1, -0.05) is 11.6 Å². The summed E-state index contributed by atoms with van der Waals surface area (Å²) >= 11 is 5.87. The molecule has 0 spiro atoms. The largest absolute Gasteiger partial charge is 0.389 e. The molecular formula is C14H21ClN2O2. The average Bonchev–Trinajstić information content (AvgIpc) is 2.28. The van der Waals surface area contributed by atoms with Gasteiger partial charge in [0.2, 0.25) is 0 Å². The number of nitrogens with one attached hydrogen (secondary N) is 1. The van der Waals surface area contributed by atoms with E-state index in [0.717, 1.165) is 11.3 Å². The first-order valence-electron chi connectivity index (χ1n) is 6.27. The topological polar surface area (TPSA) is 52.6 Å². The summed E-state index contributed by atoms with van der Waals surface area (Å²) in [7, 11) is 0. The number of rotatable bonds is 4. The Kier molecular flexibility index (Phi) is 5.20. The van der Waals surface area contributed by atoms with Gasteiger partial charge in [-0.25, -0.2) is 4.79 Å². The summed E-state index contributed by atoms with van der Waals surface area (Å²) in [6, 6.07) is 5.07. The van der Waals surface area contributed by atoms with Crippen LogP contribution in [0.5, 0.6) is 0 Å². The van der Waals surface area contributed by atoms with Crippen LogP contribution in [0, 0.1) is 6.92 Å². The first kappa shape index (κ1) is 15.8. The number of likely N-dealkylation sites (N-methyl/N-ethyl adjacent to an activating group) is 1. The number of aliphatic hydroxyl groups is 1. The molecule has 1 rings (SSSR count). The minimum atomic E-state index is -0.914. The molecule has 19 heavy (non-hydrogen) atoms. The van der Waals surface area contributed by atoms with E-state index in [4.69, 9.17) is 11.6 Å². The lowest BCUT2D eigenvalue weighted by molar-refractivity contribution is 0.0501. The number of halogens is 1. The van der Waals surface area contributed by atoms with Gasteiger partial charge in [-0.3, -0.25) is 0 Å². The zero-order valence-corrected chi connectivity index (χ0v) is 12.6. The van der Waals surface area contributed by atoms with Crippen molar-refractivity contribution in [3.63, 3.8) is 0 Å². The summed E-state index contributed by atoms with van der Waals surface area (Å²) in [4.78, 5) is 13.7. The van der Waals surface area contributed by atoms with Gasteiger partial charge < -0.3 is 15.3 Å². The highest BCUT2D eigenvalue weighted by Crippen LogP contribution is 2.20. The molecule has 0 aromatic heterocycles. The molecule has 5 heteroatoms. The molecule has 0 fully saturated rings. The van der Waals surface area contributed by atoms with Crippen LogP contribution in [-0.2, 0) is 0 Å². The molecule has 1 aromatic rings. The van der Waals surface area contributed by atoms with Gasteiger partial charge in [0.25, 0.3) is 0 Å². The lowest BCUT2D eigenvalue weighted by Gasteiger charge is -2.28. The molecule has 0 aliphatic carbocycles. The summed E-state index contributed by atoms with van der Waals surface area (Å²) in [6.45, 7) is 7.92. The number of amides is 2. The molecule has 4 nitrogen and oxygen atoms in total. The number of hydrogen-bond donors (Lipinski definition) is 2. The minimum Gasteiger partial charge on any atom is -0.389 e. The number of urea groups is 1. The zero-order chi connectivity index (χ0) is 14.6. The molecule has 0 bridgehead atoms. The highest BCUT2D eigenvalue weighted by atomic mass is 35.5. The first-order chi connectivity index (χ1) is 8.73. The highest BCUT2D eigenvalue weighted by Gasteiger charge is 2.21. The number of benzene rings is 1. The number of nitrogens with zero attached hydrogens (tertiary/aromatic N) is 1. The van der Waals surface area contributed by atoms with Crippen LogP contribution in [0.3, 0.4) is 0 Å². The highest BCUT2D eigenvalue weighted by molar-refractivity contribution is 6.30. The lowest BCUT2D eigenvalue weighted by Crippen LogP contribution is -2.44. The maximum atomic E-state index is 12.1. The van der Waals surface area contributed by atoms with Crippen molar-refractivity contribution in [2.45, 2.75) is 33.3 Å². The van der Waals surface area contributed by atoms with E-state index in [1.165, 1.54) is 0 Å². The number of hydrogen-bond acceptors (Lipinski definition) is 2. The third-order valence-corrected chi connectivity index (χ3v) is 2.91. The summed E-state index contributed by atoms with van der Waals surface area (Å²) < 4.78 is 0. The fraction of sp³-hybridized carbons (Fsp3) is 0.500. The van der Waals surface area contributed by atoms with Crippen LogP contribution in [-0.4, -0.2) is 34.7 Å². The third-order valence-electron chi connectivity index (χ3n) is 2.68. The molecule has 0 saturated heterocycles. The van der Waals surface area contributed by atoms with Gasteiger partial charge in [-0.05, 0) is 51.5 Å². The van der Waals surface area contributed by atoms with Gasteiger partial charge in [0.1, 0.15) is 0 Å². The van der Waals surface area contributed by atoms with Gasteiger partial charge in [0.15, 0.2) is 0 Å². The van der Waals surface area contributed by atoms with Gasteiger partial charge >= 0.3 is 6.03 Å². The summed E-state index contributed by atoms with van der Waals surface area (Å²) in [5.41, 5.74) is 0.714. The molecule has 0 heterocycles. The fourth-order valence-corrected chi connectivity index (χ4v) is 1.98. The van der Waals surface area contributed by atoms with E-state index in [1.807, 2.05) is 13.8 Å². The molecular weight excluding hydrogens is 264 g/mol. The Bertz CT molecular complexity index is 455. The molecule has 2 N–H and O–H groups in total. The summed E-state index contributed by atoms with van der Waals surface area (Å²) in [5.74, 6) is 0. The van der Waals surface area contributed by atoms with Crippen molar-refractivity contribution in [1.29, 1.82) is 0 Å². The van der Waals surface area contributed by atoms with Crippen molar-refractivity contribution in [2.24, 2.45) is 0 Å². The Morgan fingerprint density at radius 3 is 2.58 bits per heavy atom. The third kappa shape index (κ3) is 5.09. The molecule has 0 aliphatic heterocycles. The van der Waals surface area contributed by atoms with Crippen LogP contribution in [0.2, 0.25) is 5.02 Å². The van der Waals surface area contributed by atoms with E-state index >= 15 is 0 Å². The number of aryl methyl sites for hydroxylation is 1. The van der Waals surface area contributed by atoms with Gasteiger partial charge in [0.05, 0.1) is 12.1 Å².